The number of amides is 1. The van der Waals surface area contributed by atoms with Crippen LogP contribution < -0.4 is 16.1 Å². The molecule has 0 saturated carbocycles. The second-order valence-corrected chi connectivity index (χ2v) is 4.63. The topological polar surface area (TPSA) is 117 Å². The Labute approximate surface area is 123 Å². The maximum atomic E-state index is 12.3. The zero-order valence-corrected chi connectivity index (χ0v) is 11.6. The molecule has 3 aromatic rings. The van der Waals surface area contributed by atoms with Crippen molar-refractivity contribution in [3.8, 4) is 0 Å². The van der Waals surface area contributed by atoms with E-state index in [-0.39, 0.29) is 5.95 Å². The van der Waals surface area contributed by atoms with Gasteiger partial charge in [0.2, 0.25) is 11.9 Å². The first-order valence-corrected chi connectivity index (χ1v) is 6.41. The van der Waals surface area contributed by atoms with Gasteiger partial charge in [0.25, 0.3) is 5.56 Å². The van der Waals surface area contributed by atoms with Crippen LogP contribution in [0.2, 0.25) is 0 Å². The number of nitrogens with zero attached hydrogens (tertiary/aromatic N) is 4. The summed E-state index contributed by atoms with van der Waals surface area (Å²) in [5.74, 6) is -0.241. The fourth-order valence-electron chi connectivity index (χ4n) is 2.06. The summed E-state index contributed by atoms with van der Waals surface area (Å²) < 4.78 is 0.859. The summed E-state index contributed by atoms with van der Waals surface area (Å²) in [5.41, 5.74) is -0.716. The Hall–Kier alpha value is -3.23. The van der Waals surface area contributed by atoms with E-state index in [0.717, 1.165) is 4.57 Å². The summed E-state index contributed by atoms with van der Waals surface area (Å²) >= 11 is 0. The van der Waals surface area contributed by atoms with Gasteiger partial charge in [0.05, 0.1) is 10.9 Å². The zero-order valence-electron chi connectivity index (χ0n) is 11.6. The smallest absolute Gasteiger partial charge is 0.307 e. The van der Waals surface area contributed by atoms with Crippen molar-refractivity contribution in [3.63, 3.8) is 0 Å². The molecule has 0 bridgehead atoms. The second-order valence-electron chi connectivity index (χ2n) is 4.63. The summed E-state index contributed by atoms with van der Waals surface area (Å²) in [7, 11) is 1.48. The summed E-state index contributed by atoms with van der Waals surface area (Å²) in [6.07, 6.45) is 1.26. The van der Waals surface area contributed by atoms with Gasteiger partial charge in [0.1, 0.15) is 12.9 Å². The number of carbonyl (C=O) groups is 1. The van der Waals surface area contributed by atoms with Gasteiger partial charge >= 0.3 is 5.69 Å². The molecule has 22 heavy (non-hydrogen) atoms. The van der Waals surface area contributed by atoms with Gasteiger partial charge in [-0.15, -0.1) is 0 Å². The highest BCUT2D eigenvalue weighted by Crippen LogP contribution is 2.04. The van der Waals surface area contributed by atoms with Crippen molar-refractivity contribution in [2.45, 2.75) is 6.54 Å². The Kier molecular flexibility index (Phi) is 3.30. The third-order valence-corrected chi connectivity index (χ3v) is 3.28. The number of carbonyl (C=O) groups excluding carboxylic acids is 1. The van der Waals surface area contributed by atoms with E-state index < -0.39 is 23.7 Å². The average Bonchev–Trinajstić information content (AvgIpc) is 3.04. The Bertz CT molecular complexity index is 940. The van der Waals surface area contributed by atoms with Gasteiger partial charge in [0, 0.05) is 7.05 Å². The molecule has 2 N–H and O–H groups in total. The van der Waals surface area contributed by atoms with Crippen molar-refractivity contribution in [2.75, 3.05) is 11.9 Å². The molecule has 0 aliphatic carbocycles. The average molecular weight is 300 g/mol. The van der Waals surface area contributed by atoms with Gasteiger partial charge in [-0.2, -0.15) is 10.1 Å². The maximum absolute atomic E-state index is 12.3. The van der Waals surface area contributed by atoms with Crippen LogP contribution in [0.25, 0.3) is 10.9 Å². The van der Waals surface area contributed by atoms with E-state index in [1.165, 1.54) is 18.3 Å². The number of anilines is 1. The standard InChI is InChI=1S/C13H12N6O3/c1-18(12-14-7-15-17-12)10(20)6-19-11(21)8-4-2-3-5-9(8)16-13(19)22/h2-5,7H,6H2,1H3,(H,16,22)(H,14,15,17). The number of nitrogens with one attached hydrogen (secondary N) is 2. The predicted molar refractivity (Wildman–Crippen MR) is 78.6 cm³/mol. The van der Waals surface area contributed by atoms with Crippen LogP contribution in [0.3, 0.4) is 0 Å². The highest BCUT2D eigenvalue weighted by Gasteiger charge is 2.17. The van der Waals surface area contributed by atoms with Crippen molar-refractivity contribution < 1.29 is 4.79 Å². The number of fused-ring (bicyclic) bond motifs is 1. The third kappa shape index (κ3) is 2.28. The van der Waals surface area contributed by atoms with Gasteiger partial charge in [-0.05, 0) is 12.1 Å². The van der Waals surface area contributed by atoms with Gasteiger partial charge in [-0.1, -0.05) is 12.1 Å². The summed E-state index contributed by atoms with van der Waals surface area (Å²) in [5, 5.41) is 6.52. The maximum Gasteiger partial charge on any atom is 0.329 e. The van der Waals surface area contributed by atoms with Gasteiger partial charge < -0.3 is 4.98 Å². The molecule has 0 aliphatic heterocycles. The molecule has 0 aliphatic rings. The first kappa shape index (κ1) is 13.7. The molecule has 9 heteroatoms. The number of benzene rings is 1. The molecule has 2 aromatic heterocycles. The van der Waals surface area contributed by atoms with Crippen molar-refractivity contribution in [1.82, 2.24) is 24.7 Å². The van der Waals surface area contributed by atoms with Gasteiger partial charge in [0.15, 0.2) is 0 Å². The summed E-state index contributed by atoms with van der Waals surface area (Å²) in [6, 6.07) is 6.62. The van der Waals surface area contributed by atoms with Gasteiger partial charge in [-0.3, -0.25) is 19.1 Å². The van der Waals surface area contributed by atoms with Crippen LogP contribution >= 0.6 is 0 Å². The van der Waals surface area contributed by atoms with Crippen LogP contribution in [-0.2, 0) is 11.3 Å². The van der Waals surface area contributed by atoms with E-state index in [9.17, 15) is 14.4 Å². The van der Waals surface area contributed by atoms with Gasteiger partial charge in [-0.25, -0.2) is 9.89 Å². The van der Waals surface area contributed by atoms with Crippen LogP contribution in [0, 0.1) is 0 Å². The van der Waals surface area contributed by atoms with Crippen molar-refractivity contribution >= 4 is 22.8 Å². The molecule has 0 radical (unpaired) electrons. The Morgan fingerprint density at radius 2 is 2.09 bits per heavy atom. The fraction of sp³-hybridized carbons (Fsp3) is 0.154. The molecule has 112 valence electrons. The van der Waals surface area contributed by atoms with Crippen molar-refractivity contribution in [3.05, 3.63) is 51.4 Å². The molecule has 0 atom stereocenters. The van der Waals surface area contributed by atoms with Crippen LogP contribution in [0.4, 0.5) is 5.95 Å². The van der Waals surface area contributed by atoms with E-state index in [1.807, 2.05) is 0 Å². The number of H-pyrrole nitrogens is 2. The predicted octanol–water partition coefficient (Wildman–Crippen LogP) is -0.529. The molecule has 0 unspecified atom stereocenters. The van der Waals surface area contributed by atoms with Crippen molar-refractivity contribution in [2.24, 2.45) is 0 Å². The highest BCUT2D eigenvalue weighted by atomic mass is 16.2. The number of hydrogen-bond acceptors (Lipinski definition) is 5. The first-order chi connectivity index (χ1) is 10.6. The molecule has 0 fully saturated rings. The molecule has 9 nitrogen and oxygen atoms in total. The number of hydrogen-bond donors (Lipinski definition) is 2. The third-order valence-electron chi connectivity index (χ3n) is 3.28. The lowest BCUT2D eigenvalue weighted by Crippen LogP contribution is -2.41. The first-order valence-electron chi connectivity index (χ1n) is 6.41. The molecule has 0 saturated heterocycles. The minimum Gasteiger partial charge on any atom is -0.307 e. The summed E-state index contributed by atoms with van der Waals surface area (Å²) in [4.78, 5) is 44.1. The van der Waals surface area contributed by atoms with Crippen LogP contribution in [-0.4, -0.2) is 37.7 Å². The van der Waals surface area contributed by atoms with E-state index in [2.05, 4.69) is 20.2 Å². The number of aromatic nitrogens is 5. The Morgan fingerprint density at radius 1 is 1.32 bits per heavy atom. The number of para-hydroxylation sites is 1. The Balaban J connectivity index is 1.99. The van der Waals surface area contributed by atoms with E-state index in [1.54, 1.807) is 24.3 Å². The largest absolute Gasteiger partial charge is 0.329 e. The van der Waals surface area contributed by atoms with Crippen LogP contribution in [0.1, 0.15) is 0 Å². The van der Waals surface area contributed by atoms with E-state index in [4.69, 9.17) is 0 Å². The minimum atomic E-state index is -0.636. The van der Waals surface area contributed by atoms with Crippen LogP contribution in [0.15, 0.2) is 40.2 Å². The fourth-order valence-corrected chi connectivity index (χ4v) is 2.06. The molecule has 2 heterocycles. The molecular weight excluding hydrogens is 288 g/mol. The van der Waals surface area contributed by atoms with Crippen molar-refractivity contribution in [1.29, 1.82) is 0 Å². The number of likely N-dealkylation sites (N-methyl/N-ethyl adjacent to an activating group) is 1. The lowest BCUT2D eigenvalue weighted by Gasteiger charge is -2.14. The highest BCUT2D eigenvalue weighted by molar-refractivity contribution is 5.90. The SMILES string of the molecule is CN(C(=O)Cn1c(=O)[nH]c2ccccc2c1=O)c1ncn[nH]1. The second kappa shape index (κ2) is 5.28. The lowest BCUT2D eigenvalue weighted by molar-refractivity contribution is -0.119. The normalized spacial score (nSPS) is 10.8. The molecule has 0 spiro atoms. The van der Waals surface area contributed by atoms with E-state index in [0.29, 0.717) is 10.9 Å². The van der Waals surface area contributed by atoms with Crippen LogP contribution in [0.5, 0.6) is 0 Å². The molecule has 1 aromatic carbocycles. The minimum absolute atomic E-state index is 0.232. The molecular formula is C13H12N6O3. The summed E-state index contributed by atoms with van der Waals surface area (Å²) in [6.45, 7) is -0.393. The van der Waals surface area contributed by atoms with E-state index >= 15 is 0 Å². The Morgan fingerprint density at radius 3 is 2.82 bits per heavy atom. The molecule has 1 amide bonds. The monoisotopic (exact) mass is 300 g/mol. The quantitative estimate of drug-likeness (QED) is 0.674. The lowest BCUT2D eigenvalue weighted by atomic mass is 10.2. The number of rotatable bonds is 3. The molecule has 3 rings (SSSR count). The number of aromatic amines is 2. The zero-order chi connectivity index (χ0) is 15.7.